The van der Waals surface area contributed by atoms with E-state index in [2.05, 4.69) is 18.2 Å². The number of unbranched alkanes of at least 4 members (excludes halogenated alkanes) is 14. The van der Waals surface area contributed by atoms with Gasteiger partial charge in [0, 0.05) is 6.42 Å². The van der Waals surface area contributed by atoms with Crippen LogP contribution >= 0.6 is 7.82 Å². The van der Waals surface area contributed by atoms with E-state index in [1.165, 1.54) is 89.7 Å². The van der Waals surface area contributed by atoms with Crippen LogP contribution < -0.4 is 14.7 Å². The molecule has 0 spiro atoms. The number of hydrogen-bond donors (Lipinski definition) is 0. The molecule has 0 heterocycles. The second-order valence-electron chi connectivity index (χ2n) is 6.80. The third kappa shape index (κ3) is 36.9. The predicted molar refractivity (Wildman–Crippen MR) is 103 cm³/mol. The molecule has 0 saturated heterocycles. The van der Waals surface area contributed by atoms with Crippen LogP contribution in [-0.4, -0.2) is 5.97 Å². The lowest BCUT2D eigenvalue weighted by Gasteiger charge is -2.36. The fourth-order valence-electron chi connectivity index (χ4n) is 2.79. The Bertz CT molecular complexity index is 372. The van der Waals surface area contributed by atoms with Gasteiger partial charge in [-0.1, -0.05) is 103 Å². The lowest BCUT2D eigenvalue weighted by atomic mass is 10.0. The third-order valence-electron chi connectivity index (χ3n) is 4.20. The number of hydrogen-bond acceptors (Lipinski definition) is 6. The highest BCUT2D eigenvalue weighted by atomic mass is 31.2. The summed E-state index contributed by atoms with van der Waals surface area (Å²) in [5.41, 5.74) is 0. The van der Waals surface area contributed by atoms with Crippen molar-refractivity contribution in [3.05, 3.63) is 12.8 Å². The summed E-state index contributed by atoms with van der Waals surface area (Å²) in [7, 11) is -5.39. The minimum atomic E-state index is -5.39. The number of phosphoric acid groups is 1. The first kappa shape index (κ1) is 28.5. The lowest BCUT2D eigenvalue weighted by molar-refractivity contribution is -0.432. The molecule has 0 bridgehead atoms. The van der Waals surface area contributed by atoms with E-state index in [-0.39, 0.29) is 5.97 Å². The number of rotatable bonds is 17. The summed E-state index contributed by atoms with van der Waals surface area (Å²) < 4.78 is 13.2. The summed E-state index contributed by atoms with van der Waals surface area (Å²) in [6.07, 6.45) is 21.9. The second kappa shape index (κ2) is 21.6. The van der Waals surface area contributed by atoms with Crippen LogP contribution in [0.25, 0.3) is 0 Å². The average Bonchev–Trinajstić information content (AvgIpc) is 2.57. The molecule has 0 aliphatic heterocycles. The van der Waals surface area contributed by atoms with Crippen molar-refractivity contribution in [1.82, 2.24) is 0 Å². The second-order valence-corrected chi connectivity index (χ2v) is 7.70. The van der Waals surface area contributed by atoms with Gasteiger partial charge in [-0.15, -0.1) is 0 Å². The van der Waals surface area contributed by atoms with Gasteiger partial charge in [0.05, 0.1) is 6.26 Å². The molecule has 0 rings (SSSR count). The molecule has 0 amide bonds. The molecule has 6 nitrogen and oxygen atoms in total. The largest absolute Gasteiger partial charge is 0.822 e. The quantitative estimate of drug-likeness (QED) is 0.156. The number of ether oxygens (including phenoxy) is 1. The molecule has 27 heavy (non-hydrogen) atoms. The summed E-state index contributed by atoms with van der Waals surface area (Å²) in [4.78, 5) is 36.7. The maximum Gasteiger partial charge on any atom is 0.310 e. The van der Waals surface area contributed by atoms with Crippen LogP contribution in [-0.2, 0) is 14.1 Å². The van der Waals surface area contributed by atoms with Crippen LogP contribution in [0.2, 0.25) is 0 Å². The topological polar surface area (TPSA) is 113 Å². The zero-order valence-corrected chi connectivity index (χ0v) is 17.9. The lowest BCUT2D eigenvalue weighted by Crippen LogP contribution is -2.24. The molecule has 0 aliphatic rings. The molecule has 0 fully saturated rings. The molecule has 0 aromatic carbocycles. The van der Waals surface area contributed by atoms with Gasteiger partial charge in [-0.3, -0.25) is 4.79 Å². The van der Waals surface area contributed by atoms with Crippen molar-refractivity contribution in [3.8, 4) is 0 Å². The highest BCUT2D eigenvalue weighted by Crippen LogP contribution is 2.13. The Balaban J connectivity index is 0. The molecule has 0 unspecified atom stereocenters. The first-order valence-corrected chi connectivity index (χ1v) is 11.8. The number of carbonyl (C=O) groups excluding carboxylic acids is 1. The monoisotopic (exact) mass is 405 g/mol. The van der Waals surface area contributed by atoms with E-state index in [1.807, 2.05) is 0 Å². The van der Waals surface area contributed by atoms with E-state index in [1.54, 1.807) is 0 Å². The SMILES string of the molecule is C=COC(=O)CCCCCCCCCCCCCCCCC.O=P([O-])([O-])[O-]. The van der Waals surface area contributed by atoms with Gasteiger partial charge >= 0.3 is 5.97 Å². The maximum absolute atomic E-state index is 11.1. The smallest absolute Gasteiger partial charge is 0.310 e. The van der Waals surface area contributed by atoms with Crippen LogP contribution in [0.4, 0.5) is 0 Å². The van der Waals surface area contributed by atoms with Crippen molar-refractivity contribution in [2.45, 2.75) is 110 Å². The molecule has 0 radical (unpaired) electrons. The minimum absolute atomic E-state index is 0.148. The van der Waals surface area contributed by atoms with Crippen LogP contribution in [0.15, 0.2) is 12.8 Å². The van der Waals surface area contributed by atoms with Crippen molar-refractivity contribution in [2.75, 3.05) is 0 Å². The third-order valence-corrected chi connectivity index (χ3v) is 4.20. The minimum Gasteiger partial charge on any atom is -0.822 e. The van der Waals surface area contributed by atoms with E-state index < -0.39 is 7.82 Å². The molecule has 0 aromatic heterocycles. The zero-order valence-electron chi connectivity index (χ0n) is 17.0. The Kier molecular flexibility index (Phi) is 22.8. The van der Waals surface area contributed by atoms with Crippen LogP contribution in [0, 0.1) is 0 Å². The Hall–Kier alpha value is -0.680. The van der Waals surface area contributed by atoms with Gasteiger partial charge in [-0.2, -0.15) is 7.82 Å². The average molecular weight is 405 g/mol. The summed E-state index contributed by atoms with van der Waals surface area (Å²) >= 11 is 0. The van der Waals surface area contributed by atoms with E-state index in [4.69, 9.17) is 19.2 Å². The van der Waals surface area contributed by atoms with E-state index in [0.717, 1.165) is 12.8 Å². The molecule has 162 valence electrons. The van der Waals surface area contributed by atoms with Crippen molar-refractivity contribution in [3.63, 3.8) is 0 Å². The molecule has 0 atom stereocenters. The maximum atomic E-state index is 11.1. The first-order valence-electron chi connectivity index (χ1n) is 10.3. The van der Waals surface area contributed by atoms with Gasteiger partial charge in [-0.25, -0.2) is 0 Å². The summed E-state index contributed by atoms with van der Waals surface area (Å²) in [6, 6.07) is 0. The summed E-state index contributed by atoms with van der Waals surface area (Å²) in [6.45, 7) is 5.65. The predicted octanol–water partition coefficient (Wildman–Crippen LogP) is 4.11. The Morgan fingerprint density at radius 3 is 1.37 bits per heavy atom. The molecule has 0 aliphatic carbocycles. The van der Waals surface area contributed by atoms with Crippen LogP contribution in [0.5, 0.6) is 0 Å². The highest BCUT2D eigenvalue weighted by Gasteiger charge is 2.00. The summed E-state index contributed by atoms with van der Waals surface area (Å²) in [5, 5.41) is 0. The fourth-order valence-corrected chi connectivity index (χ4v) is 2.79. The number of carbonyl (C=O) groups is 1. The van der Waals surface area contributed by atoms with Crippen molar-refractivity contribution >= 4 is 13.8 Å². The van der Waals surface area contributed by atoms with Crippen LogP contribution in [0.3, 0.4) is 0 Å². The molecule has 0 aromatic rings. The standard InChI is InChI=1S/C20H38O2.H3O4P/c1-3-5-6-7-8-9-10-11-12-13-14-15-16-17-18-19-20(21)22-4-2;1-5(2,3)4/h4H,2-3,5-19H2,1H3;(H3,1,2,3,4)/p-3. The van der Waals surface area contributed by atoms with Crippen molar-refractivity contribution < 1.29 is 28.8 Å². The van der Waals surface area contributed by atoms with Gasteiger partial charge in [-0.05, 0) is 6.42 Å². The molecule has 0 N–H and O–H groups in total. The normalized spacial score (nSPS) is 10.8. The molecular weight excluding hydrogens is 367 g/mol. The Labute approximate surface area is 165 Å². The number of esters is 1. The highest BCUT2D eigenvalue weighted by molar-refractivity contribution is 7.40. The van der Waals surface area contributed by atoms with Gasteiger partial charge in [0.2, 0.25) is 0 Å². The molecule has 0 saturated carbocycles. The van der Waals surface area contributed by atoms with Crippen molar-refractivity contribution in [2.24, 2.45) is 0 Å². The van der Waals surface area contributed by atoms with Gasteiger partial charge in [0.1, 0.15) is 0 Å². The first-order chi connectivity index (χ1) is 12.8. The Morgan fingerprint density at radius 2 is 1.07 bits per heavy atom. The van der Waals surface area contributed by atoms with Crippen LogP contribution in [0.1, 0.15) is 110 Å². The molecule has 7 heteroatoms. The van der Waals surface area contributed by atoms with Crippen molar-refractivity contribution in [1.29, 1.82) is 0 Å². The van der Waals surface area contributed by atoms with Gasteiger partial charge < -0.3 is 24.0 Å². The van der Waals surface area contributed by atoms with E-state index in [9.17, 15) is 4.79 Å². The van der Waals surface area contributed by atoms with Gasteiger partial charge in [0.25, 0.3) is 0 Å². The van der Waals surface area contributed by atoms with Gasteiger partial charge in [0.15, 0.2) is 0 Å². The fraction of sp³-hybridized carbons (Fsp3) is 0.850. The van der Waals surface area contributed by atoms with E-state index >= 15 is 0 Å². The van der Waals surface area contributed by atoms with E-state index in [0.29, 0.717) is 6.42 Å². The zero-order chi connectivity index (χ0) is 20.8. The summed E-state index contributed by atoms with van der Waals surface area (Å²) in [5.74, 6) is -0.148. The molecular formula is C20H38O6P-3. The Morgan fingerprint density at radius 1 is 0.778 bits per heavy atom.